The van der Waals surface area contributed by atoms with Crippen molar-refractivity contribution in [2.75, 3.05) is 6.54 Å². The average Bonchev–Trinajstić information content (AvgIpc) is 3.27. The molecule has 0 unspecified atom stereocenters. The number of amides is 9. The molecule has 398 valence electrons. The van der Waals surface area contributed by atoms with E-state index in [2.05, 4.69) is 47.9 Å². The SMILES string of the molecule is CC(C)C[C@@H]1NC(=O)[C@@H](Cc2ccccc2)NC(=O)[C@H](CC(=N)N)NC(=O)[C@@H](NC(=O)[C@H](CC(=N)N)NC(=O)[C@@H](N)[C@@H](C)O)CCNC(=O)[C@H]([C@@H](C)O)NC(=O)[C@H](CC(=N)N)NC(=O)[C@H](CC(=N)N)NC1=O. The van der Waals surface area contributed by atoms with E-state index in [1.807, 2.05) is 0 Å². The second-order valence-corrected chi connectivity index (χ2v) is 17.7. The van der Waals surface area contributed by atoms with Gasteiger partial charge in [-0.2, -0.15) is 0 Å². The van der Waals surface area contributed by atoms with Gasteiger partial charge in [-0.15, -0.1) is 0 Å². The molecule has 0 saturated carbocycles. The first-order valence-electron chi connectivity index (χ1n) is 22.8. The number of hydrogen-bond acceptors (Lipinski definition) is 16. The number of aliphatic hydroxyl groups excluding tert-OH is 2. The third kappa shape index (κ3) is 20.7. The predicted molar refractivity (Wildman–Crippen MR) is 260 cm³/mol. The molecular weight excluding hydrogens is 945 g/mol. The Labute approximate surface area is 414 Å². The number of nitrogens with two attached hydrogens (primary N) is 5. The van der Waals surface area contributed by atoms with Crippen LogP contribution in [0, 0.1) is 27.6 Å². The Morgan fingerprint density at radius 1 is 0.625 bits per heavy atom. The minimum absolute atomic E-state index is 0.0589. The van der Waals surface area contributed by atoms with Gasteiger partial charge in [-0.05, 0) is 38.2 Å². The molecule has 1 aliphatic heterocycles. The van der Waals surface area contributed by atoms with Crippen LogP contribution in [0.5, 0.6) is 0 Å². The summed E-state index contributed by atoms with van der Waals surface area (Å²) in [6, 6.07) is -6.67. The number of rotatable bonds is 18. The molecule has 25 N–H and O–H groups in total. The van der Waals surface area contributed by atoms with E-state index in [1.165, 1.54) is 6.92 Å². The number of aliphatic hydroxyl groups is 2. The quantitative estimate of drug-likeness (QED) is 0.0480. The van der Waals surface area contributed by atoms with E-state index in [9.17, 15) is 53.4 Å². The molecule has 0 bridgehead atoms. The molecule has 1 aromatic carbocycles. The van der Waals surface area contributed by atoms with Crippen LogP contribution in [-0.2, 0) is 49.6 Å². The zero-order valence-corrected chi connectivity index (χ0v) is 40.4. The summed E-state index contributed by atoms with van der Waals surface area (Å²) in [5.74, 6) is -12.4. The van der Waals surface area contributed by atoms with Crippen molar-refractivity contribution in [1.82, 2.24) is 47.9 Å². The largest absolute Gasteiger partial charge is 0.391 e. The van der Waals surface area contributed by atoms with E-state index in [4.69, 9.17) is 50.3 Å². The Hall–Kier alpha value is -7.79. The first-order valence-corrected chi connectivity index (χ1v) is 22.8. The molecule has 2 rings (SSSR count). The second-order valence-electron chi connectivity index (χ2n) is 17.7. The van der Waals surface area contributed by atoms with E-state index in [0.717, 1.165) is 6.92 Å². The number of carbonyl (C=O) groups is 9. The van der Waals surface area contributed by atoms with E-state index in [-0.39, 0.29) is 18.8 Å². The summed E-state index contributed by atoms with van der Waals surface area (Å²) in [6.45, 7) is 5.21. The van der Waals surface area contributed by atoms with E-state index < -0.39 is 182 Å². The van der Waals surface area contributed by atoms with Gasteiger partial charge in [0.15, 0.2) is 0 Å². The Bertz CT molecular complexity index is 2180. The molecule has 1 heterocycles. The highest BCUT2D eigenvalue weighted by molar-refractivity contribution is 6.01. The summed E-state index contributed by atoms with van der Waals surface area (Å²) in [5, 5.41) is 73.7. The van der Waals surface area contributed by atoms with Crippen LogP contribution in [0.4, 0.5) is 0 Å². The van der Waals surface area contributed by atoms with Gasteiger partial charge in [0.2, 0.25) is 53.2 Å². The Morgan fingerprint density at radius 3 is 1.53 bits per heavy atom. The lowest BCUT2D eigenvalue weighted by atomic mass is 10.00. The minimum Gasteiger partial charge on any atom is -0.391 e. The maximum absolute atomic E-state index is 14.3. The molecule has 9 amide bonds. The van der Waals surface area contributed by atoms with Crippen LogP contribution in [0.2, 0.25) is 0 Å². The summed E-state index contributed by atoms with van der Waals surface area (Å²) in [7, 11) is 0. The van der Waals surface area contributed by atoms with Crippen molar-refractivity contribution >= 4 is 76.5 Å². The molecule has 1 saturated heterocycles. The van der Waals surface area contributed by atoms with Gasteiger partial charge in [-0.25, -0.2) is 0 Å². The smallest absolute Gasteiger partial charge is 0.245 e. The van der Waals surface area contributed by atoms with Crippen molar-refractivity contribution in [3.8, 4) is 0 Å². The highest BCUT2D eigenvalue weighted by Gasteiger charge is 2.37. The lowest BCUT2D eigenvalue weighted by Crippen LogP contribution is -2.61. The third-order valence-corrected chi connectivity index (χ3v) is 10.7. The van der Waals surface area contributed by atoms with Gasteiger partial charge in [0.05, 0.1) is 35.6 Å². The topological polar surface area (TPSA) is 528 Å². The number of amidine groups is 4. The van der Waals surface area contributed by atoms with Crippen molar-refractivity contribution in [2.45, 2.75) is 139 Å². The zero-order chi connectivity index (χ0) is 54.6. The molecule has 0 spiro atoms. The summed E-state index contributed by atoms with van der Waals surface area (Å²) < 4.78 is 0. The summed E-state index contributed by atoms with van der Waals surface area (Å²) >= 11 is 0. The number of hydrogen-bond donors (Lipinski definition) is 20. The van der Waals surface area contributed by atoms with Crippen molar-refractivity contribution in [3.05, 3.63) is 35.9 Å². The van der Waals surface area contributed by atoms with E-state index >= 15 is 0 Å². The Balaban J connectivity index is 2.84. The Morgan fingerprint density at radius 2 is 1.07 bits per heavy atom. The number of nitrogens with one attached hydrogen (secondary N) is 13. The number of benzene rings is 1. The Kier molecular flexibility index (Phi) is 24.1. The monoisotopic (exact) mass is 1010 g/mol. The van der Waals surface area contributed by atoms with Crippen LogP contribution in [0.25, 0.3) is 0 Å². The first-order chi connectivity index (χ1) is 33.6. The van der Waals surface area contributed by atoms with E-state index in [1.54, 1.807) is 44.2 Å². The van der Waals surface area contributed by atoms with Crippen LogP contribution >= 0.6 is 0 Å². The van der Waals surface area contributed by atoms with Crippen LogP contribution < -0.4 is 76.5 Å². The standard InChI is InChI=1S/C43H70N18O11/c1-18(2)12-23-36(65)58-26(15-30(46)47)40(69)59-28(17-32(50)51)41(70)61-34(20(4)63)43(72)53-11-10-22(54-38(67)27(16-31(48)49)60-42(71)33(52)19(3)62)35(64)57-25(14-29(44)45)39(68)56-24(37(66)55-23)13-21-8-6-5-7-9-21/h5-9,18-20,22-28,33-34,62-63H,10-17,52H2,1-4H3,(H3,44,45)(H3,46,47)(H3,48,49)(H3,50,51)(H,53,72)(H,54,67)(H,55,66)(H,56,68)(H,57,64)(H,58,65)(H,59,69)(H,60,71)(H,61,70)/t19-,20-,22+,23+,24-,25+,26+,27+,28+,33+,34+/m1/s1. The van der Waals surface area contributed by atoms with Crippen molar-refractivity contribution < 1.29 is 53.4 Å². The van der Waals surface area contributed by atoms with Gasteiger partial charge < -0.3 is 86.7 Å². The van der Waals surface area contributed by atoms with Crippen LogP contribution in [0.1, 0.15) is 71.8 Å². The minimum atomic E-state index is -1.80. The van der Waals surface area contributed by atoms with Gasteiger partial charge in [-0.1, -0.05) is 44.2 Å². The molecule has 72 heavy (non-hydrogen) atoms. The molecule has 1 aliphatic rings. The third-order valence-electron chi connectivity index (χ3n) is 10.7. The van der Waals surface area contributed by atoms with Gasteiger partial charge in [-0.3, -0.25) is 64.8 Å². The normalized spacial score (nSPS) is 23.9. The fourth-order valence-corrected chi connectivity index (χ4v) is 6.98. The summed E-state index contributed by atoms with van der Waals surface area (Å²) in [6.07, 6.45) is -6.46. The number of carbonyl (C=O) groups excluding carboxylic acids is 9. The van der Waals surface area contributed by atoms with Crippen LogP contribution in [-0.4, -0.2) is 160 Å². The molecule has 29 heteroatoms. The predicted octanol–water partition coefficient (Wildman–Crippen LogP) is -6.93. The molecule has 0 aliphatic carbocycles. The maximum atomic E-state index is 14.3. The highest BCUT2D eigenvalue weighted by Crippen LogP contribution is 2.11. The zero-order valence-electron chi connectivity index (χ0n) is 40.4. The van der Waals surface area contributed by atoms with Gasteiger partial charge >= 0.3 is 0 Å². The van der Waals surface area contributed by atoms with E-state index in [0.29, 0.717) is 5.56 Å². The average molecular weight is 1020 g/mol. The second kappa shape index (κ2) is 28.8. The molecule has 1 fully saturated rings. The molecular formula is C43H70N18O11. The lowest BCUT2D eigenvalue weighted by molar-refractivity contribution is -0.136. The molecule has 1 aromatic rings. The lowest BCUT2D eigenvalue weighted by Gasteiger charge is -2.28. The van der Waals surface area contributed by atoms with Crippen molar-refractivity contribution in [1.29, 1.82) is 21.6 Å². The van der Waals surface area contributed by atoms with Gasteiger partial charge in [0.1, 0.15) is 54.4 Å². The maximum Gasteiger partial charge on any atom is 0.245 e. The van der Waals surface area contributed by atoms with Gasteiger partial charge in [0.25, 0.3) is 0 Å². The highest BCUT2D eigenvalue weighted by atomic mass is 16.3. The molecule has 11 atom stereocenters. The fourth-order valence-electron chi connectivity index (χ4n) is 6.98. The van der Waals surface area contributed by atoms with Crippen LogP contribution in [0.3, 0.4) is 0 Å². The first kappa shape index (κ1) is 60.3. The summed E-state index contributed by atoms with van der Waals surface area (Å²) in [4.78, 5) is 125. The molecule has 29 nitrogen and oxygen atoms in total. The molecule has 0 aromatic heterocycles. The van der Waals surface area contributed by atoms with Crippen LogP contribution in [0.15, 0.2) is 30.3 Å². The fraction of sp³-hybridized carbons (Fsp3) is 0.558. The molecule has 0 radical (unpaired) electrons. The van der Waals surface area contributed by atoms with Crippen molar-refractivity contribution in [2.24, 2.45) is 34.6 Å². The summed E-state index contributed by atoms with van der Waals surface area (Å²) in [5.41, 5.74) is 28.8. The van der Waals surface area contributed by atoms with Crippen molar-refractivity contribution in [3.63, 3.8) is 0 Å². The van der Waals surface area contributed by atoms with Gasteiger partial charge in [0, 0.05) is 38.6 Å².